The molecule has 118 valence electrons. The number of hydrogen-bond donors (Lipinski definition) is 1. The molecule has 21 heavy (non-hydrogen) atoms. The SMILES string of the molecule is O=C(O)CC1CS(=O)(=O)CCN1CC(=O)N1CCOC1=O. The molecule has 1 unspecified atom stereocenters. The van der Waals surface area contributed by atoms with Crippen molar-refractivity contribution < 1.29 is 32.6 Å². The molecule has 2 amide bonds. The lowest BCUT2D eigenvalue weighted by atomic mass is 10.2. The van der Waals surface area contributed by atoms with E-state index in [0.717, 1.165) is 4.90 Å². The maximum Gasteiger partial charge on any atom is 0.416 e. The fraction of sp³-hybridized carbons (Fsp3) is 0.727. The number of rotatable bonds is 4. The number of ether oxygens (including phenoxy) is 1. The second-order valence-electron chi connectivity index (χ2n) is 5.00. The van der Waals surface area contributed by atoms with Crippen LogP contribution in [0.5, 0.6) is 0 Å². The number of hydrogen-bond acceptors (Lipinski definition) is 7. The molecule has 0 saturated carbocycles. The Morgan fingerprint density at radius 2 is 2.05 bits per heavy atom. The fourth-order valence-corrected chi connectivity index (χ4v) is 3.99. The van der Waals surface area contributed by atoms with E-state index in [1.165, 1.54) is 4.90 Å². The summed E-state index contributed by atoms with van der Waals surface area (Å²) in [4.78, 5) is 36.6. The topological polar surface area (TPSA) is 121 Å². The maximum atomic E-state index is 12.0. The minimum Gasteiger partial charge on any atom is -0.481 e. The summed E-state index contributed by atoms with van der Waals surface area (Å²) in [5.41, 5.74) is 0. The Morgan fingerprint density at radius 3 is 2.62 bits per heavy atom. The number of carboxylic acid groups (broad SMARTS) is 1. The Balaban J connectivity index is 2.04. The second-order valence-corrected chi connectivity index (χ2v) is 7.22. The van der Waals surface area contributed by atoms with Gasteiger partial charge in [-0.3, -0.25) is 14.5 Å². The summed E-state index contributed by atoms with van der Waals surface area (Å²) >= 11 is 0. The van der Waals surface area contributed by atoms with E-state index in [0.29, 0.717) is 0 Å². The monoisotopic (exact) mass is 320 g/mol. The van der Waals surface area contributed by atoms with Gasteiger partial charge in [0.15, 0.2) is 9.84 Å². The van der Waals surface area contributed by atoms with Crippen LogP contribution in [0.3, 0.4) is 0 Å². The van der Waals surface area contributed by atoms with Gasteiger partial charge < -0.3 is 9.84 Å². The first kappa shape index (κ1) is 15.7. The summed E-state index contributed by atoms with van der Waals surface area (Å²) in [5.74, 6) is -2.06. The molecule has 10 heteroatoms. The molecule has 2 heterocycles. The molecule has 0 aromatic heterocycles. The number of cyclic esters (lactones) is 1. The predicted molar refractivity (Wildman–Crippen MR) is 69.3 cm³/mol. The molecular weight excluding hydrogens is 304 g/mol. The number of sulfone groups is 1. The summed E-state index contributed by atoms with van der Waals surface area (Å²) in [6.07, 6.45) is -1.09. The van der Waals surface area contributed by atoms with E-state index in [9.17, 15) is 22.8 Å². The normalized spacial score (nSPS) is 25.6. The first-order valence-electron chi connectivity index (χ1n) is 6.42. The number of carboxylic acids is 1. The number of imide groups is 1. The molecule has 1 N–H and O–H groups in total. The Kier molecular flexibility index (Phi) is 4.47. The smallest absolute Gasteiger partial charge is 0.416 e. The van der Waals surface area contributed by atoms with Crippen LogP contribution in [0.15, 0.2) is 0 Å². The third kappa shape index (κ3) is 3.91. The van der Waals surface area contributed by atoms with Gasteiger partial charge in [-0.25, -0.2) is 18.1 Å². The van der Waals surface area contributed by atoms with E-state index in [-0.39, 0.29) is 44.2 Å². The van der Waals surface area contributed by atoms with Gasteiger partial charge >= 0.3 is 12.1 Å². The second kappa shape index (κ2) is 5.98. The Morgan fingerprint density at radius 1 is 1.33 bits per heavy atom. The van der Waals surface area contributed by atoms with Crippen molar-refractivity contribution in [3.8, 4) is 0 Å². The zero-order valence-corrected chi connectivity index (χ0v) is 12.0. The number of nitrogens with zero attached hydrogens (tertiary/aromatic N) is 2. The van der Waals surface area contributed by atoms with Crippen molar-refractivity contribution in [2.75, 3.05) is 37.7 Å². The molecule has 2 aliphatic rings. The molecule has 2 saturated heterocycles. The van der Waals surface area contributed by atoms with E-state index in [2.05, 4.69) is 4.74 Å². The van der Waals surface area contributed by atoms with Crippen LogP contribution < -0.4 is 0 Å². The van der Waals surface area contributed by atoms with Crippen molar-refractivity contribution in [2.45, 2.75) is 12.5 Å². The molecular formula is C11H16N2O7S. The van der Waals surface area contributed by atoms with E-state index >= 15 is 0 Å². The van der Waals surface area contributed by atoms with E-state index in [1.54, 1.807) is 0 Å². The van der Waals surface area contributed by atoms with E-state index < -0.39 is 33.8 Å². The largest absolute Gasteiger partial charge is 0.481 e. The quantitative estimate of drug-likeness (QED) is 0.667. The molecule has 2 fully saturated rings. The number of carbonyl (C=O) groups excluding carboxylic acids is 2. The molecule has 0 aromatic carbocycles. The lowest BCUT2D eigenvalue weighted by Crippen LogP contribution is -2.53. The van der Waals surface area contributed by atoms with E-state index in [4.69, 9.17) is 5.11 Å². The van der Waals surface area contributed by atoms with Crippen molar-refractivity contribution >= 4 is 27.8 Å². The van der Waals surface area contributed by atoms with E-state index in [1.807, 2.05) is 0 Å². The van der Waals surface area contributed by atoms with Crippen LogP contribution in [0, 0.1) is 0 Å². The summed E-state index contributed by atoms with van der Waals surface area (Å²) < 4.78 is 27.8. The lowest BCUT2D eigenvalue weighted by molar-refractivity contribution is -0.139. The highest BCUT2D eigenvalue weighted by atomic mass is 32.2. The third-order valence-electron chi connectivity index (χ3n) is 3.46. The van der Waals surface area contributed by atoms with Crippen molar-refractivity contribution in [1.29, 1.82) is 0 Å². The molecule has 0 aromatic rings. The average Bonchev–Trinajstić information content (AvgIpc) is 2.77. The minimum absolute atomic E-state index is 0.0783. The lowest BCUT2D eigenvalue weighted by Gasteiger charge is -2.34. The summed E-state index contributed by atoms with van der Waals surface area (Å²) in [7, 11) is -3.30. The number of amides is 2. The first-order chi connectivity index (χ1) is 9.78. The van der Waals surface area contributed by atoms with Gasteiger partial charge in [-0.1, -0.05) is 0 Å². The maximum absolute atomic E-state index is 12.0. The first-order valence-corrected chi connectivity index (χ1v) is 8.24. The zero-order chi connectivity index (χ0) is 15.6. The Bertz CT molecular complexity index is 559. The fourth-order valence-electron chi connectivity index (χ4n) is 2.40. The van der Waals surface area contributed by atoms with Crippen molar-refractivity contribution in [3.63, 3.8) is 0 Å². The molecule has 0 spiro atoms. The number of carbonyl (C=O) groups is 3. The molecule has 2 rings (SSSR count). The summed E-state index contributed by atoms with van der Waals surface area (Å²) in [6.45, 7) is 0.183. The van der Waals surface area contributed by atoms with Crippen molar-refractivity contribution in [2.24, 2.45) is 0 Å². The highest BCUT2D eigenvalue weighted by molar-refractivity contribution is 7.91. The standard InChI is InChI=1S/C11H16N2O7S/c14-9(13-1-3-20-11(13)17)6-12-2-4-21(18,19)7-8(12)5-10(15)16/h8H,1-7H2,(H,15,16). The molecule has 0 aliphatic carbocycles. The van der Waals surface area contributed by atoms with Gasteiger partial charge in [0.2, 0.25) is 5.91 Å². The zero-order valence-electron chi connectivity index (χ0n) is 11.2. The number of aliphatic carboxylic acids is 1. The van der Waals surface area contributed by atoms with Gasteiger partial charge in [0, 0.05) is 12.6 Å². The van der Waals surface area contributed by atoms with Crippen LogP contribution in [0.4, 0.5) is 4.79 Å². The Labute approximate surface area is 121 Å². The van der Waals surface area contributed by atoms with Crippen LogP contribution in [0.1, 0.15) is 6.42 Å². The predicted octanol–water partition coefficient (Wildman–Crippen LogP) is -1.46. The third-order valence-corrected chi connectivity index (χ3v) is 5.16. The average molecular weight is 320 g/mol. The molecule has 2 aliphatic heterocycles. The van der Waals surface area contributed by atoms with Crippen LogP contribution in [0.25, 0.3) is 0 Å². The highest BCUT2D eigenvalue weighted by Crippen LogP contribution is 2.16. The van der Waals surface area contributed by atoms with Crippen LogP contribution in [-0.2, 0) is 24.2 Å². The molecule has 9 nitrogen and oxygen atoms in total. The van der Waals surface area contributed by atoms with Crippen molar-refractivity contribution in [3.05, 3.63) is 0 Å². The van der Waals surface area contributed by atoms with Crippen LogP contribution in [-0.4, -0.2) is 85.1 Å². The van der Waals surface area contributed by atoms with Gasteiger partial charge in [-0.2, -0.15) is 0 Å². The molecule has 0 bridgehead atoms. The highest BCUT2D eigenvalue weighted by Gasteiger charge is 2.36. The summed E-state index contributed by atoms with van der Waals surface area (Å²) in [5, 5.41) is 8.85. The van der Waals surface area contributed by atoms with Crippen LogP contribution in [0.2, 0.25) is 0 Å². The molecule has 1 atom stereocenters. The van der Waals surface area contributed by atoms with Gasteiger partial charge in [-0.15, -0.1) is 0 Å². The van der Waals surface area contributed by atoms with Crippen LogP contribution >= 0.6 is 0 Å². The van der Waals surface area contributed by atoms with Gasteiger partial charge in [0.1, 0.15) is 6.61 Å². The minimum atomic E-state index is -3.30. The summed E-state index contributed by atoms with van der Waals surface area (Å²) in [6, 6.07) is -0.760. The molecule has 0 radical (unpaired) electrons. The Hall–Kier alpha value is -1.68. The van der Waals surface area contributed by atoms with Crippen molar-refractivity contribution in [1.82, 2.24) is 9.80 Å². The van der Waals surface area contributed by atoms with Gasteiger partial charge in [0.05, 0.1) is 31.0 Å². The van der Waals surface area contributed by atoms with Gasteiger partial charge in [0.25, 0.3) is 0 Å². The van der Waals surface area contributed by atoms with Gasteiger partial charge in [-0.05, 0) is 0 Å².